The second kappa shape index (κ2) is 6.90. The maximum absolute atomic E-state index is 12.9. The van der Waals surface area contributed by atoms with Gasteiger partial charge in [-0.05, 0) is 36.1 Å². The molecule has 7 heteroatoms. The molecule has 2 aromatic carbocycles. The summed E-state index contributed by atoms with van der Waals surface area (Å²) in [5.74, 6) is 0. The van der Waals surface area contributed by atoms with Crippen molar-refractivity contribution < 1.29 is 16.8 Å². The fraction of sp³-hybridized carbons (Fsp3) is 0.333. The molecule has 1 heterocycles. The van der Waals surface area contributed by atoms with E-state index in [-0.39, 0.29) is 18.0 Å². The van der Waals surface area contributed by atoms with Crippen LogP contribution < -0.4 is 0 Å². The molecular weight excluding hydrogens is 358 g/mol. The number of hydrogen-bond donors (Lipinski definition) is 0. The van der Waals surface area contributed by atoms with E-state index in [1.165, 1.54) is 10.6 Å². The molecule has 25 heavy (non-hydrogen) atoms. The highest BCUT2D eigenvalue weighted by molar-refractivity contribution is 7.91. The third-order valence-corrected chi connectivity index (χ3v) is 8.16. The second-order valence-corrected chi connectivity index (χ2v) is 10.6. The van der Waals surface area contributed by atoms with Crippen LogP contribution in [0.2, 0.25) is 0 Å². The maximum Gasteiger partial charge on any atom is 0.243 e. The summed E-state index contributed by atoms with van der Waals surface area (Å²) in [6.07, 6.45) is 1.90. The van der Waals surface area contributed by atoms with Crippen LogP contribution in [0.1, 0.15) is 12.8 Å². The average Bonchev–Trinajstić information content (AvgIpc) is 2.62. The van der Waals surface area contributed by atoms with E-state index >= 15 is 0 Å². The number of benzene rings is 2. The lowest BCUT2D eigenvalue weighted by atomic mass is 10.1. The summed E-state index contributed by atoms with van der Waals surface area (Å²) in [6, 6.07) is 16.5. The molecule has 0 atom stereocenters. The Morgan fingerprint density at radius 3 is 2.04 bits per heavy atom. The number of sulfone groups is 1. The minimum absolute atomic E-state index is 0.232. The molecule has 0 saturated carbocycles. The average molecular weight is 380 g/mol. The lowest BCUT2D eigenvalue weighted by Crippen LogP contribution is -2.42. The minimum Gasteiger partial charge on any atom is -0.229 e. The Hall–Kier alpha value is -1.70. The minimum atomic E-state index is -3.62. The summed E-state index contributed by atoms with van der Waals surface area (Å²) in [5.41, 5.74) is 1.79. The molecule has 0 radical (unpaired) electrons. The molecule has 134 valence electrons. The SMILES string of the molecule is CS(=O)(=O)C1CCN(S(=O)(=O)c2cccc(-c3ccccc3)c2)CC1. The van der Waals surface area contributed by atoms with Gasteiger partial charge in [-0.3, -0.25) is 0 Å². The molecule has 0 amide bonds. The van der Waals surface area contributed by atoms with E-state index in [1.807, 2.05) is 36.4 Å². The molecular formula is C18H21NO4S2. The molecule has 0 aliphatic carbocycles. The lowest BCUT2D eigenvalue weighted by molar-refractivity contribution is 0.346. The van der Waals surface area contributed by atoms with Crippen molar-refractivity contribution in [1.82, 2.24) is 4.31 Å². The van der Waals surface area contributed by atoms with E-state index in [9.17, 15) is 16.8 Å². The number of sulfonamides is 1. The maximum atomic E-state index is 12.9. The molecule has 1 aliphatic heterocycles. The molecule has 0 spiro atoms. The van der Waals surface area contributed by atoms with Crippen LogP contribution in [0.5, 0.6) is 0 Å². The molecule has 2 aromatic rings. The zero-order valence-electron chi connectivity index (χ0n) is 14.0. The van der Waals surface area contributed by atoms with Crippen molar-refractivity contribution in [3.05, 3.63) is 54.6 Å². The normalized spacial score (nSPS) is 17.5. The second-order valence-electron chi connectivity index (χ2n) is 6.33. The van der Waals surface area contributed by atoms with Crippen LogP contribution in [0.4, 0.5) is 0 Å². The van der Waals surface area contributed by atoms with E-state index in [0.29, 0.717) is 12.8 Å². The van der Waals surface area contributed by atoms with Crippen LogP contribution >= 0.6 is 0 Å². The van der Waals surface area contributed by atoms with E-state index in [2.05, 4.69) is 0 Å². The molecule has 1 aliphatic rings. The first kappa shape index (κ1) is 18.1. The highest BCUT2D eigenvalue weighted by atomic mass is 32.2. The molecule has 0 aromatic heterocycles. The largest absolute Gasteiger partial charge is 0.243 e. The van der Waals surface area contributed by atoms with Gasteiger partial charge in [-0.15, -0.1) is 0 Å². The van der Waals surface area contributed by atoms with Gasteiger partial charge in [-0.25, -0.2) is 16.8 Å². The van der Waals surface area contributed by atoms with Gasteiger partial charge in [-0.1, -0.05) is 42.5 Å². The Morgan fingerprint density at radius 2 is 1.44 bits per heavy atom. The first-order valence-corrected chi connectivity index (χ1v) is 11.5. The summed E-state index contributed by atoms with van der Waals surface area (Å²) in [7, 11) is -6.75. The summed E-state index contributed by atoms with van der Waals surface area (Å²) < 4.78 is 50.5. The first-order valence-electron chi connectivity index (χ1n) is 8.13. The summed E-state index contributed by atoms with van der Waals surface area (Å²) in [5, 5.41) is -0.449. The van der Waals surface area contributed by atoms with Crippen LogP contribution in [-0.4, -0.2) is 45.7 Å². The summed E-state index contributed by atoms with van der Waals surface area (Å²) in [4.78, 5) is 0.242. The predicted octanol–water partition coefficient (Wildman–Crippen LogP) is 2.55. The fourth-order valence-electron chi connectivity index (χ4n) is 3.12. The van der Waals surface area contributed by atoms with Crippen LogP contribution in [0.3, 0.4) is 0 Å². The van der Waals surface area contributed by atoms with Gasteiger partial charge in [0, 0.05) is 19.3 Å². The van der Waals surface area contributed by atoms with Crippen molar-refractivity contribution >= 4 is 19.9 Å². The molecule has 1 saturated heterocycles. The lowest BCUT2D eigenvalue weighted by Gasteiger charge is -2.30. The molecule has 1 fully saturated rings. The van der Waals surface area contributed by atoms with Gasteiger partial charge < -0.3 is 0 Å². The quantitative estimate of drug-likeness (QED) is 0.818. The zero-order valence-corrected chi connectivity index (χ0v) is 15.6. The fourth-order valence-corrected chi connectivity index (χ4v) is 5.70. The number of nitrogens with zero attached hydrogens (tertiary/aromatic N) is 1. The smallest absolute Gasteiger partial charge is 0.229 e. The van der Waals surface area contributed by atoms with Gasteiger partial charge >= 0.3 is 0 Å². The van der Waals surface area contributed by atoms with Crippen molar-refractivity contribution in [3.8, 4) is 11.1 Å². The van der Waals surface area contributed by atoms with E-state index in [4.69, 9.17) is 0 Å². The standard InChI is InChI=1S/C18H21NO4S2/c1-24(20,21)17-10-12-19(13-11-17)25(22,23)18-9-5-8-16(14-18)15-6-3-2-4-7-15/h2-9,14,17H,10-13H2,1H3. The molecule has 0 N–H and O–H groups in total. The Balaban J connectivity index is 1.84. The predicted molar refractivity (Wildman–Crippen MR) is 98.5 cm³/mol. The Bertz CT molecular complexity index is 946. The van der Waals surface area contributed by atoms with Crippen molar-refractivity contribution in [2.75, 3.05) is 19.3 Å². The molecule has 5 nitrogen and oxygen atoms in total. The summed E-state index contributed by atoms with van der Waals surface area (Å²) >= 11 is 0. The van der Waals surface area contributed by atoms with Crippen molar-refractivity contribution in [3.63, 3.8) is 0 Å². The van der Waals surface area contributed by atoms with E-state index in [1.54, 1.807) is 18.2 Å². The van der Waals surface area contributed by atoms with Crippen LogP contribution in [-0.2, 0) is 19.9 Å². The van der Waals surface area contributed by atoms with Crippen molar-refractivity contribution in [2.24, 2.45) is 0 Å². The third kappa shape index (κ3) is 3.94. The van der Waals surface area contributed by atoms with Gasteiger partial charge in [0.05, 0.1) is 10.1 Å². The Morgan fingerprint density at radius 1 is 0.840 bits per heavy atom. The van der Waals surface area contributed by atoms with Gasteiger partial charge in [0.15, 0.2) is 0 Å². The van der Waals surface area contributed by atoms with Gasteiger partial charge in [0.2, 0.25) is 10.0 Å². The Labute approximate surface area is 149 Å². The topological polar surface area (TPSA) is 71.5 Å². The van der Waals surface area contributed by atoms with Gasteiger partial charge in [-0.2, -0.15) is 4.31 Å². The Kier molecular flexibility index (Phi) is 4.99. The number of piperidine rings is 1. The van der Waals surface area contributed by atoms with Crippen LogP contribution in [0.15, 0.2) is 59.5 Å². The van der Waals surface area contributed by atoms with Crippen molar-refractivity contribution in [2.45, 2.75) is 23.0 Å². The zero-order chi connectivity index (χ0) is 18.1. The third-order valence-electron chi connectivity index (χ3n) is 4.59. The number of rotatable bonds is 4. The van der Waals surface area contributed by atoms with Gasteiger partial charge in [0.25, 0.3) is 0 Å². The number of hydrogen-bond acceptors (Lipinski definition) is 4. The summed E-state index contributed by atoms with van der Waals surface area (Å²) in [6.45, 7) is 0.464. The first-order chi connectivity index (χ1) is 11.8. The highest BCUT2D eigenvalue weighted by Crippen LogP contribution is 2.27. The monoisotopic (exact) mass is 379 g/mol. The molecule has 3 rings (SSSR count). The van der Waals surface area contributed by atoms with Crippen LogP contribution in [0.25, 0.3) is 11.1 Å². The van der Waals surface area contributed by atoms with Crippen LogP contribution in [0, 0.1) is 0 Å². The molecule has 0 unspecified atom stereocenters. The van der Waals surface area contributed by atoms with Crippen molar-refractivity contribution in [1.29, 1.82) is 0 Å². The van der Waals surface area contributed by atoms with Gasteiger partial charge in [0.1, 0.15) is 9.84 Å². The molecule has 0 bridgehead atoms. The van der Waals surface area contributed by atoms with E-state index < -0.39 is 25.1 Å². The highest BCUT2D eigenvalue weighted by Gasteiger charge is 2.33. The van der Waals surface area contributed by atoms with E-state index in [0.717, 1.165) is 11.1 Å².